The van der Waals surface area contributed by atoms with Gasteiger partial charge in [0.2, 0.25) is 0 Å². The molecule has 0 bridgehead atoms. The van der Waals surface area contributed by atoms with Crippen LogP contribution in [0.3, 0.4) is 0 Å². The van der Waals surface area contributed by atoms with Crippen molar-refractivity contribution in [2.24, 2.45) is 0 Å². The summed E-state index contributed by atoms with van der Waals surface area (Å²) in [5, 5.41) is 16.9. The number of hydrogen-bond donors (Lipinski definition) is 0. The molecule has 0 aromatic heterocycles. The van der Waals surface area contributed by atoms with Crippen LogP contribution in [0.25, 0.3) is 0 Å². The molecule has 0 aliphatic carbocycles. The molecule has 18 heavy (non-hydrogen) atoms. The van der Waals surface area contributed by atoms with E-state index in [1.165, 1.54) is 11.1 Å². The minimum Gasteiger partial charge on any atom is -0.192 e. The van der Waals surface area contributed by atoms with Crippen molar-refractivity contribution < 1.29 is 0 Å². The second kappa shape index (κ2) is 6.89. The summed E-state index contributed by atoms with van der Waals surface area (Å²) in [5.74, 6) is 0. The van der Waals surface area contributed by atoms with Crippen molar-refractivity contribution in [1.82, 2.24) is 0 Å². The zero-order chi connectivity index (χ0) is 13.4. The number of benzene rings is 2. The first-order valence-corrected chi connectivity index (χ1v) is 5.60. The van der Waals surface area contributed by atoms with Crippen LogP contribution in [0.5, 0.6) is 0 Å². The Morgan fingerprint density at radius 1 is 0.667 bits per heavy atom. The third kappa shape index (κ3) is 4.12. The van der Waals surface area contributed by atoms with Crippen LogP contribution in [0, 0.1) is 36.5 Å². The Bertz CT molecular complexity index is 530. The molecule has 0 heterocycles. The lowest BCUT2D eigenvalue weighted by atomic mass is 10.1. The van der Waals surface area contributed by atoms with E-state index in [1.54, 1.807) is 24.3 Å². The first-order valence-electron chi connectivity index (χ1n) is 5.60. The van der Waals surface area contributed by atoms with E-state index < -0.39 is 0 Å². The average Bonchev–Trinajstić information content (AvgIpc) is 2.42. The first kappa shape index (κ1) is 13.5. The molecule has 0 fully saturated rings. The highest BCUT2D eigenvalue weighted by Gasteiger charge is 1.95. The summed E-state index contributed by atoms with van der Waals surface area (Å²) in [6.07, 6.45) is 0. The number of rotatable bonds is 0. The summed E-state index contributed by atoms with van der Waals surface area (Å²) in [6.45, 7) is 4.19. The van der Waals surface area contributed by atoms with Crippen LogP contribution < -0.4 is 0 Å². The third-order valence-electron chi connectivity index (χ3n) is 2.39. The van der Waals surface area contributed by atoms with Crippen LogP contribution in [0.1, 0.15) is 22.3 Å². The summed E-state index contributed by atoms with van der Waals surface area (Å²) < 4.78 is 0. The second-order valence-corrected chi connectivity index (χ2v) is 3.92. The van der Waals surface area contributed by atoms with Crippen LogP contribution in [-0.4, -0.2) is 0 Å². The van der Waals surface area contributed by atoms with Crippen LogP contribution in [0.4, 0.5) is 0 Å². The molecule has 0 atom stereocenters. The van der Waals surface area contributed by atoms with Crippen LogP contribution in [-0.2, 0) is 0 Å². The highest BCUT2D eigenvalue weighted by atomic mass is 14.3. The predicted octanol–water partition coefficient (Wildman–Crippen LogP) is 3.73. The van der Waals surface area contributed by atoms with Gasteiger partial charge in [0.1, 0.15) is 12.1 Å². The van der Waals surface area contributed by atoms with Gasteiger partial charge in [-0.3, -0.25) is 0 Å². The Morgan fingerprint density at radius 2 is 1.00 bits per heavy atom. The number of nitriles is 2. The normalized spacial score (nSPS) is 8.44. The fourth-order valence-electron chi connectivity index (χ4n) is 1.32. The minimum absolute atomic E-state index is 0.435. The summed E-state index contributed by atoms with van der Waals surface area (Å²) >= 11 is 0. The SMILES string of the molecule is Cc1ccc(C)cc1.N#Cc1ccccc1C#N. The van der Waals surface area contributed by atoms with Crippen molar-refractivity contribution in [3.05, 3.63) is 70.8 Å². The van der Waals surface area contributed by atoms with E-state index in [0.717, 1.165) is 0 Å². The molecule has 2 rings (SSSR count). The van der Waals surface area contributed by atoms with Crippen LogP contribution in [0.15, 0.2) is 48.5 Å². The van der Waals surface area contributed by atoms with Crippen molar-refractivity contribution in [2.45, 2.75) is 13.8 Å². The van der Waals surface area contributed by atoms with E-state index >= 15 is 0 Å². The first-order chi connectivity index (χ1) is 8.67. The van der Waals surface area contributed by atoms with E-state index in [-0.39, 0.29) is 0 Å². The standard InChI is InChI=1S/C8H4N2.C8H10/c9-5-7-3-1-2-4-8(7)6-10;1-7-3-5-8(2)6-4-7/h1-4H;3-6H,1-2H3. The van der Waals surface area contributed by atoms with Crippen molar-refractivity contribution in [1.29, 1.82) is 10.5 Å². The Kier molecular flexibility index (Phi) is 5.16. The van der Waals surface area contributed by atoms with E-state index in [2.05, 4.69) is 38.1 Å². The van der Waals surface area contributed by atoms with Gasteiger partial charge in [-0.15, -0.1) is 0 Å². The molecule has 88 valence electrons. The largest absolute Gasteiger partial charge is 0.192 e. The van der Waals surface area contributed by atoms with Gasteiger partial charge in [0.05, 0.1) is 11.1 Å². The van der Waals surface area contributed by atoms with Gasteiger partial charge in [-0.2, -0.15) is 10.5 Å². The fourth-order valence-corrected chi connectivity index (χ4v) is 1.32. The van der Waals surface area contributed by atoms with Gasteiger partial charge in [0.15, 0.2) is 0 Å². The molecule has 0 spiro atoms. The van der Waals surface area contributed by atoms with Gasteiger partial charge in [-0.25, -0.2) is 0 Å². The van der Waals surface area contributed by atoms with Gasteiger partial charge in [-0.05, 0) is 26.0 Å². The summed E-state index contributed by atoms with van der Waals surface area (Å²) in [4.78, 5) is 0. The van der Waals surface area contributed by atoms with Crippen LogP contribution >= 0.6 is 0 Å². The molecular formula is C16H14N2. The molecule has 2 aromatic carbocycles. The zero-order valence-electron chi connectivity index (χ0n) is 10.5. The lowest BCUT2D eigenvalue weighted by Crippen LogP contribution is -1.79. The van der Waals surface area contributed by atoms with E-state index in [4.69, 9.17) is 10.5 Å². The van der Waals surface area contributed by atoms with Gasteiger partial charge in [-0.1, -0.05) is 47.5 Å². The quantitative estimate of drug-likeness (QED) is 0.697. The molecule has 2 heteroatoms. The molecule has 0 radical (unpaired) electrons. The molecule has 0 amide bonds. The predicted molar refractivity (Wildman–Crippen MR) is 71.8 cm³/mol. The molecule has 0 aliphatic heterocycles. The van der Waals surface area contributed by atoms with Gasteiger partial charge in [0, 0.05) is 0 Å². The highest BCUT2D eigenvalue weighted by molar-refractivity contribution is 5.44. The number of aryl methyl sites for hydroxylation is 2. The second-order valence-electron chi connectivity index (χ2n) is 3.92. The van der Waals surface area contributed by atoms with E-state index in [1.807, 2.05) is 12.1 Å². The smallest absolute Gasteiger partial charge is 0.101 e. The molecule has 0 saturated heterocycles. The number of hydrogen-bond acceptors (Lipinski definition) is 2. The van der Waals surface area contributed by atoms with Gasteiger partial charge >= 0.3 is 0 Å². The zero-order valence-corrected chi connectivity index (χ0v) is 10.5. The summed E-state index contributed by atoms with van der Waals surface area (Å²) in [5.41, 5.74) is 3.53. The summed E-state index contributed by atoms with van der Waals surface area (Å²) in [7, 11) is 0. The Balaban J connectivity index is 0.000000184. The van der Waals surface area contributed by atoms with Crippen molar-refractivity contribution >= 4 is 0 Å². The van der Waals surface area contributed by atoms with E-state index in [0.29, 0.717) is 11.1 Å². The molecule has 2 nitrogen and oxygen atoms in total. The average molecular weight is 234 g/mol. The Labute approximate surface area is 108 Å². The van der Waals surface area contributed by atoms with E-state index in [9.17, 15) is 0 Å². The van der Waals surface area contributed by atoms with Crippen LogP contribution in [0.2, 0.25) is 0 Å². The molecular weight excluding hydrogens is 220 g/mol. The molecule has 2 aromatic rings. The number of nitrogens with zero attached hydrogens (tertiary/aromatic N) is 2. The monoisotopic (exact) mass is 234 g/mol. The lowest BCUT2D eigenvalue weighted by Gasteiger charge is -1.90. The minimum atomic E-state index is 0.435. The fraction of sp³-hybridized carbons (Fsp3) is 0.125. The highest BCUT2D eigenvalue weighted by Crippen LogP contribution is 2.03. The summed E-state index contributed by atoms with van der Waals surface area (Å²) in [6, 6.07) is 19.0. The Hall–Kier alpha value is -2.58. The molecule has 0 unspecified atom stereocenters. The van der Waals surface area contributed by atoms with Gasteiger partial charge in [0.25, 0.3) is 0 Å². The van der Waals surface area contributed by atoms with Gasteiger partial charge < -0.3 is 0 Å². The topological polar surface area (TPSA) is 47.6 Å². The maximum Gasteiger partial charge on any atom is 0.101 e. The van der Waals surface area contributed by atoms with Crippen molar-refractivity contribution in [3.8, 4) is 12.1 Å². The van der Waals surface area contributed by atoms with Crippen molar-refractivity contribution in [2.75, 3.05) is 0 Å². The molecule has 0 aliphatic rings. The maximum absolute atomic E-state index is 8.45. The Morgan fingerprint density at radius 3 is 1.28 bits per heavy atom. The van der Waals surface area contributed by atoms with Crippen molar-refractivity contribution in [3.63, 3.8) is 0 Å². The molecule has 0 N–H and O–H groups in total. The maximum atomic E-state index is 8.45. The third-order valence-corrected chi connectivity index (χ3v) is 2.39. The lowest BCUT2D eigenvalue weighted by molar-refractivity contribution is 1.40. The molecule has 0 saturated carbocycles.